The predicted molar refractivity (Wildman–Crippen MR) is 164 cm³/mol. The molecule has 0 bridgehead atoms. The zero-order valence-corrected chi connectivity index (χ0v) is 26.8. The van der Waals surface area contributed by atoms with E-state index in [4.69, 9.17) is 27.9 Å². The molecular formula is C30H37Cl2N7O6. The third-order valence-corrected chi connectivity index (χ3v) is 9.00. The summed E-state index contributed by atoms with van der Waals surface area (Å²) in [6.45, 7) is 5.21. The topological polar surface area (TPSA) is 169 Å². The summed E-state index contributed by atoms with van der Waals surface area (Å²) < 4.78 is 5.43. The van der Waals surface area contributed by atoms with Gasteiger partial charge in [-0.2, -0.15) is 4.80 Å². The maximum Gasteiger partial charge on any atom is 0.408 e. The molecule has 15 heteroatoms. The van der Waals surface area contributed by atoms with Crippen molar-refractivity contribution < 1.29 is 29.0 Å². The first-order valence-corrected chi connectivity index (χ1v) is 15.8. The Bertz CT molecular complexity index is 1510. The molecule has 2 aromatic rings. The van der Waals surface area contributed by atoms with Crippen molar-refractivity contribution in [3.05, 3.63) is 40.4 Å². The second kappa shape index (κ2) is 13.0. The molecule has 2 fully saturated rings. The molecule has 0 spiro atoms. The fraction of sp³-hybridized carbons (Fsp3) is 0.567. The maximum absolute atomic E-state index is 14.1. The minimum Gasteiger partial charge on any atom is -0.479 e. The number of carboxylic acid groups (broad SMARTS) is 1. The molecule has 1 aliphatic carbocycles. The van der Waals surface area contributed by atoms with Crippen molar-refractivity contribution in [1.82, 2.24) is 35.7 Å². The Morgan fingerprint density at radius 3 is 2.64 bits per heavy atom. The molecule has 3 amide bonds. The first-order valence-electron chi connectivity index (χ1n) is 15.0. The number of alkyl carbamates (subject to hydrolysis) is 1. The number of allylic oxidation sites excluding steroid dienone is 1. The van der Waals surface area contributed by atoms with Gasteiger partial charge in [0.25, 0.3) is 0 Å². The van der Waals surface area contributed by atoms with E-state index in [9.17, 15) is 24.3 Å². The number of halogens is 2. The number of hydrogen-bond acceptors (Lipinski definition) is 8. The van der Waals surface area contributed by atoms with Crippen LogP contribution in [0.5, 0.6) is 0 Å². The molecule has 3 aliphatic rings. The lowest BCUT2D eigenvalue weighted by atomic mass is 10.0. The number of fused-ring (bicyclic) bond motifs is 2. The van der Waals surface area contributed by atoms with Crippen molar-refractivity contribution in [2.24, 2.45) is 5.92 Å². The molecule has 2 aliphatic heterocycles. The average molecular weight is 663 g/mol. The van der Waals surface area contributed by atoms with Gasteiger partial charge in [-0.3, -0.25) is 9.59 Å². The number of carbonyl (C=O) groups is 4. The van der Waals surface area contributed by atoms with Crippen molar-refractivity contribution in [2.75, 3.05) is 6.54 Å². The van der Waals surface area contributed by atoms with Crippen molar-refractivity contribution in [1.29, 1.82) is 0 Å². The fourth-order valence-electron chi connectivity index (χ4n) is 5.83. The molecule has 1 saturated heterocycles. The van der Waals surface area contributed by atoms with Gasteiger partial charge in [-0.25, -0.2) is 9.59 Å². The summed E-state index contributed by atoms with van der Waals surface area (Å²) in [6.07, 6.45) is 6.76. The normalized spacial score (nSPS) is 27.4. The van der Waals surface area contributed by atoms with E-state index in [1.165, 1.54) is 9.70 Å². The second-order valence-electron chi connectivity index (χ2n) is 12.8. The molecule has 13 nitrogen and oxygen atoms in total. The van der Waals surface area contributed by atoms with Gasteiger partial charge in [-0.15, -0.1) is 10.2 Å². The molecular weight excluding hydrogens is 625 g/mol. The summed E-state index contributed by atoms with van der Waals surface area (Å²) in [4.78, 5) is 55.8. The Morgan fingerprint density at radius 1 is 1.16 bits per heavy atom. The van der Waals surface area contributed by atoms with E-state index in [0.29, 0.717) is 28.5 Å². The van der Waals surface area contributed by atoms with Crippen LogP contribution in [0.25, 0.3) is 11.4 Å². The van der Waals surface area contributed by atoms with Gasteiger partial charge in [0.05, 0.1) is 16.1 Å². The minimum absolute atomic E-state index is 0.0317. The number of tetrazole rings is 1. The molecule has 3 heterocycles. The van der Waals surface area contributed by atoms with Crippen molar-refractivity contribution in [3.63, 3.8) is 0 Å². The lowest BCUT2D eigenvalue weighted by Gasteiger charge is -2.30. The Hall–Kier alpha value is -3.71. The fourth-order valence-corrected chi connectivity index (χ4v) is 6.12. The molecule has 45 heavy (non-hydrogen) atoms. The smallest absolute Gasteiger partial charge is 0.408 e. The first-order chi connectivity index (χ1) is 21.3. The van der Waals surface area contributed by atoms with Crippen molar-refractivity contribution in [2.45, 2.75) is 95.0 Å². The summed E-state index contributed by atoms with van der Waals surface area (Å²) in [7, 11) is 0. The highest BCUT2D eigenvalue weighted by atomic mass is 35.5. The van der Waals surface area contributed by atoms with E-state index < -0.39 is 53.1 Å². The third kappa shape index (κ3) is 7.41. The second-order valence-corrected chi connectivity index (χ2v) is 13.6. The van der Waals surface area contributed by atoms with Crippen LogP contribution >= 0.6 is 23.2 Å². The zero-order chi connectivity index (χ0) is 32.5. The number of rotatable bonds is 4. The SMILES string of the molecule is CC(C)(C)OC(=O)N[C@H]1CCCCCC=C[C@@H]2C[C@@]2(C(=O)O)NC(=O)[C@@H]2C[C@@H](n3nnc(-c4ccc(Cl)c(Cl)c4)n3)CN2C1=O. The maximum atomic E-state index is 14.1. The van der Waals surface area contributed by atoms with Gasteiger partial charge in [0.1, 0.15) is 23.2 Å². The van der Waals surface area contributed by atoms with E-state index in [-0.39, 0.29) is 31.1 Å². The molecule has 242 valence electrons. The third-order valence-electron chi connectivity index (χ3n) is 8.26. The number of amides is 3. The van der Waals surface area contributed by atoms with Gasteiger partial charge >= 0.3 is 12.1 Å². The standard InChI is InChI=1S/C30H37Cl2N7O6/c1-29(2,3)45-28(44)33-22-10-8-6-4-5-7-9-18-15-30(18,27(42)43)34-25(40)23-14-19(16-38(23)26(22)41)39-36-24(35-37-39)17-11-12-20(31)21(32)13-17/h7,9,11-13,18-19,22-23H,4-6,8,10,14-16H2,1-3H3,(H,33,44)(H,34,40)(H,42,43)/t18-,19-,22+,23+,30-/m1/s1. The summed E-state index contributed by atoms with van der Waals surface area (Å²) in [5.74, 6) is -2.28. The molecule has 5 atom stereocenters. The molecule has 1 aromatic heterocycles. The largest absolute Gasteiger partial charge is 0.479 e. The predicted octanol–water partition coefficient (Wildman–Crippen LogP) is 4.16. The van der Waals surface area contributed by atoms with E-state index in [2.05, 4.69) is 26.0 Å². The van der Waals surface area contributed by atoms with Crippen LogP contribution in [0.2, 0.25) is 10.0 Å². The summed E-state index contributed by atoms with van der Waals surface area (Å²) in [5, 5.41) is 29.0. The number of hydrogen-bond donors (Lipinski definition) is 3. The molecule has 1 aromatic carbocycles. The molecule has 0 radical (unpaired) electrons. The molecule has 3 N–H and O–H groups in total. The number of aliphatic carboxylic acids is 1. The Labute approximate surface area is 270 Å². The molecule has 0 unspecified atom stereocenters. The summed E-state index contributed by atoms with van der Waals surface area (Å²) in [6, 6.07) is 2.35. The van der Waals surface area contributed by atoms with Gasteiger partial charge in [-0.05, 0) is 69.9 Å². The Balaban J connectivity index is 1.45. The van der Waals surface area contributed by atoms with E-state index in [1.807, 2.05) is 12.2 Å². The summed E-state index contributed by atoms with van der Waals surface area (Å²) in [5.41, 5.74) is -1.64. The van der Waals surface area contributed by atoms with Crippen LogP contribution in [-0.4, -0.2) is 83.9 Å². The highest BCUT2D eigenvalue weighted by molar-refractivity contribution is 6.42. The van der Waals surface area contributed by atoms with Gasteiger partial charge in [0, 0.05) is 24.4 Å². The minimum atomic E-state index is -1.44. The number of ether oxygens (including phenoxy) is 1. The van der Waals surface area contributed by atoms with Gasteiger partial charge < -0.3 is 25.4 Å². The number of nitrogens with zero attached hydrogens (tertiary/aromatic N) is 5. The van der Waals surface area contributed by atoms with Gasteiger partial charge in [-0.1, -0.05) is 48.2 Å². The van der Waals surface area contributed by atoms with Crippen LogP contribution < -0.4 is 10.6 Å². The number of aromatic nitrogens is 4. The lowest BCUT2D eigenvalue weighted by molar-refractivity contribution is -0.145. The van der Waals surface area contributed by atoms with Crippen LogP contribution in [-0.2, 0) is 19.1 Å². The Morgan fingerprint density at radius 2 is 1.93 bits per heavy atom. The van der Waals surface area contributed by atoms with Crippen LogP contribution in [0.15, 0.2) is 30.4 Å². The van der Waals surface area contributed by atoms with Crippen molar-refractivity contribution in [3.8, 4) is 11.4 Å². The van der Waals surface area contributed by atoms with E-state index >= 15 is 0 Å². The average Bonchev–Trinajstić information content (AvgIpc) is 3.28. The lowest BCUT2D eigenvalue weighted by Crippen LogP contribution is -2.56. The molecule has 1 saturated carbocycles. The van der Waals surface area contributed by atoms with Crippen LogP contribution in [0.4, 0.5) is 4.79 Å². The number of carboxylic acids is 1. The zero-order valence-electron chi connectivity index (χ0n) is 25.3. The van der Waals surface area contributed by atoms with E-state index in [0.717, 1.165) is 19.3 Å². The van der Waals surface area contributed by atoms with Crippen LogP contribution in [0.1, 0.15) is 71.8 Å². The highest BCUT2D eigenvalue weighted by Gasteiger charge is 2.61. The number of benzene rings is 1. The highest BCUT2D eigenvalue weighted by Crippen LogP contribution is 2.45. The number of nitrogens with one attached hydrogen (secondary N) is 2. The van der Waals surface area contributed by atoms with Gasteiger partial charge in [0.15, 0.2) is 0 Å². The molecule has 5 rings (SSSR count). The monoisotopic (exact) mass is 661 g/mol. The van der Waals surface area contributed by atoms with Crippen LogP contribution in [0, 0.1) is 5.92 Å². The van der Waals surface area contributed by atoms with Crippen LogP contribution in [0.3, 0.4) is 0 Å². The van der Waals surface area contributed by atoms with E-state index in [1.54, 1.807) is 39.0 Å². The first kappa shape index (κ1) is 32.7. The number of carbonyl (C=O) groups excluding carboxylic acids is 3. The van der Waals surface area contributed by atoms with Crippen molar-refractivity contribution >= 4 is 47.1 Å². The quantitative estimate of drug-likeness (QED) is 0.407. The summed E-state index contributed by atoms with van der Waals surface area (Å²) >= 11 is 12.2. The van der Waals surface area contributed by atoms with Gasteiger partial charge in [0.2, 0.25) is 17.6 Å². The Kier molecular flexibility index (Phi) is 9.41.